The zero-order chi connectivity index (χ0) is 22.5. The number of hydrogen-bond donors (Lipinski definition) is 1. The Bertz CT molecular complexity index is 1070. The van der Waals surface area contributed by atoms with Crippen LogP contribution in [0.25, 0.3) is 0 Å². The molecular weight excluding hydrogens is 405 g/mol. The normalized spacial score (nSPS) is 16.7. The fraction of sp³-hybridized carbons (Fsp3) is 0.360. The Morgan fingerprint density at radius 3 is 2.56 bits per heavy atom. The highest BCUT2D eigenvalue weighted by molar-refractivity contribution is 5.92. The van der Waals surface area contributed by atoms with Crippen LogP contribution in [0.5, 0.6) is 0 Å². The number of likely N-dealkylation sites (tertiary alicyclic amines) is 1. The Morgan fingerprint density at radius 1 is 1.12 bits per heavy atom. The second kappa shape index (κ2) is 9.96. The van der Waals surface area contributed by atoms with Crippen LogP contribution in [-0.4, -0.2) is 38.8 Å². The number of nitrogens with one attached hydrogen (secondary N) is 1. The summed E-state index contributed by atoms with van der Waals surface area (Å²) < 4.78 is 13.8. The van der Waals surface area contributed by atoms with Crippen LogP contribution in [0, 0.1) is 19.7 Å². The third kappa shape index (κ3) is 5.34. The predicted octanol–water partition coefficient (Wildman–Crippen LogP) is 4.19. The van der Waals surface area contributed by atoms with E-state index in [1.165, 1.54) is 11.6 Å². The number of piperidine rings is 1. The van der Waals surface area contributed by atoms with Crippen LogP contribution in [0.1, 0.15) is 47.1 Å². The summed E-state index contributed by atoms with van der Waals surface area (Å²) in [6.07, 6.45) is 5.93. The number of para-hydroxylation sites is 1. The topological polar surface area (TPSA) is 71.0 Å². The lowest BCUT2D eigenvalue weighted by Crippen LogP contribution is -2.34. The van der Waals surface area contributed by atoms with E-state index in [-0.39, 0.29) is 23.9 Å². The SMILES string of the molecule is Cc1nc([C@@H]2CCCN(Cc3ccncc3)C2)nc(C)c1CC(=O)Nc1ccccc1F. The van der Waals surface area contributed by atoms with Gasteiger partial charge in [-0.15, -0.1) is 0 Å². The maximum Gasteiger partial charge on any atom is 0.229 e. The number of aryl methyl sites for hydroxylation is 2. The first-order chi connectivity index (χ1) is 15.5. The van der Waals surface area contributed by atoms with Crippen molar-refractivity contribution in [3.63, 3.8) is 0 Å². The molecule has 0 radical (unpaired) electrons. The first kappa shape index (κ1) is 22.0. The molecule has 0 spiro atoms. The molecule has 2 aromatic heterocycles. The first-order valence-electron chi connectivity index (χ1n) is 11.0. The van der Waals surface area contributed by atoms with Crippen LogP contribution in [0.3, 0.4) is 0 Å². The molecule has 32 heavy (non-hydrogen) atoms. The minimum Gasteiger partial charge on any atom is -0.323 e. The molecule has 1 fully saturated rings. The second-order valence-corrected chi connectivity index (χ2v) is 8.37. The summed E-state index contributed by atoms with van der Waals surface area (Å²) in [4.78, 5) is 28.6. The number of pyridine rings is 1. The summed E-state index contributed by atoms with van der Waals surface area (Å²) >= 11 is 0. The van der Waals surface area contributed by atoms with Crippen molar-refractivity contribution in [1.82, 2.24) is 19.9 Å². The third-order valence-corrected chi connectivity index (χ3v) is 5.95. The number of hydrogen-bond acceptors (Lipinski definition) is 5. The van der Waals surface area contributed by atoms with E-state index in [4.69, 9.17) is 9.97 Å². The minimum absolute atomic E-state index is 0.116. The number of rotatable bonds is 6. The number of aromatic nitrogens is 3. The molecule has 166 valence electrons. The highest BCUT2D eigenvalue weighted by atomic mass is 19.1. The van der Waals surface area contributed by atoms with Crippen LogP contribution >= 0.6 is 0 Å². The lowest BCUT2D eigenvalue weighted by atomic mass is 9.96. The molecule has 3 heterocycles. The first-order valence-corrected chi connectivity index (χ1v) is 11.0. The average molecular weight is 434 g/mol. The number of benzene rings is 1. The largest absolute Gasteiger partial charge is 0.323 e. The van der Waals surface area contributed by atoms with Gasteiger partial charge in [-0.3, -0.25) is 14.7 Å². The molecule has 0 aliphatic carbocycles. The molecule has 3 aromatic rings. The van der Waals surface area contributed by atoms with Crippen LogP contribution in [0.2, 0.25) is 0 Å². The van der Waals surface area contributed by atoms with Crippen LogP contribution in [-0.2, 0) is 17.8 Å². The van der Waals surface area contributed by atoms with E-state index < -0.39 is 5.82 Å². The second-order valence-electron chi connectivity index (χ2n) is 8.37. The molecule has 0 saturated carbocycles. The van der Waals surface area contributed by atoms with Gasteiger partial charge in [0.1, 0.15) is 11.6 Å². The van der Waals surface area contributed by atoms with Crippen LogP contribution in [0.4, 0.5) is 10.1 Å². The highest BCUT2D eigenvalue weighted by Crippen LogP contribution is 2.27. The van der Waals surface area contributed by atoms with Gasteiger partial charge >= 0.3 is 0 Å². The van der Waals surface area contributed by atoms with Gasteiger partial charge in [0.05, 0.1) is 12.1 Å². The van der Waals surface area contributed by atoms with Crippen LogP contribution in [0.15, 0.2) is 48.8 Å². The van der Waals surface area contributed by atoms with Crippen molar-refractivity contribution < 1.29 is 9.18 Å². The summed E-state index contributed by atoms with van der Waals surface area (Å²) in [6.45, 7) is 6.70. The Labute approximate surface area is 187 Å². The molecule has 1 N–H and O–H groups in total. The van der Waals surface area contributed by atoms with Gasteiger partial charge in [0.2, 0.25) is 5.91 Å². The van der Waals surface area contributed by atoms with Crippen molar-refractivity contribution >= 4 is 11.6 Å². The number of carbonyl (C=O) groups excluding carboxylic acids is 1. The van der Waals surface area contributed by atoms with Crippen molar-refractivity contribution in [2.45, 2.75) is 45.6 Å². The van der Waals surface area contributed by atoms with E-state index >= 15 is 0 Å². The average Bonchev–Trinajstić information content (AvgIpc) is 2.78. The Balaban J connectivity index is 1.44. The zero-order valence-corrected chi connectivity index (χ0v) is 18.5. The van der Waals surface area contributed by atoms with E-state index in [1.807, 2.05) is 26.2 Å². The molecule has 0 unspecified atom stereocenters. The lowest BCUT2D eigenvalue weighted by Gasteiger charge is -2.32. The van der Waals surface area contributed by atoms with Crippen molar-refractivity contribution in [3.05, 3.63) is 82.9 Å². The summed E-state index contributed by atoms with van der Waals surface area (Å²) in [6, 6.07) is 10.3. The van der Waals surface area contributed by atoms with Crippen LogP contribution < -0.4 is 5.32 Å². The van der Waals surface area contributed by atoms with Gasteiger partial charge in [-0.25, -0.2) is 14.4 Å². The number of nitrogens with zero attached hydrogens (tertiary/aromatic N) is 4. The summed E-state index contributed by atoms with van der Waals surface area (Å²) in [7, 11) is 0. The van der Waals surface area contributed by atoms with Gasteiger partial charge in [0.25, 0.3) is 0 Å². The van der Waals surface area contributed by atoms with Gasteiger partial charge in [-0.05, 0) is 63.1 Å². The maximum absolute atomic E-state index is 13.8. The number of anilines is 1. The van der Waals surface area contributed by atoms with Crippen molar-refractivity contribution in [2.24, 2.45) is 0 Å². The Morgan fingerprint density at radius 2 is 1.84 bits per heavy atom. The molecule has 7 heteroatoms. The van der Waals surface area contributed by atoms with Gasteiger partial charge in [-0.2, -0.15) is 0 Å². The van der Waals surface area contributed by atoms with Crippen molar-refractivity contribution in [2.75, 3.05) is 18.4 Å². The van der Waals surface area contributed by atoms with Gasteiger partial charge < -0.3 is 5.32 Å². The molecule has 4 rings (SSSR count). The standard InChI is InChI=1S/C25H28FN5O/c1-17-21(14-24(32)30-23-8-4-3-7-22(23)26)18(2)29-25(28-17)20-6-5-13-31(16-20)15-19-9-11-27-12-10-19/h3-4,7-12,20H,5-6,13-16H2,1-2H3,(H,30,32)/t20-/m1/s1. The summed E-state index contributed by atoms with van der Waals surface area (Å²) in [5.41, 5.74) is 3.85. The smallest absolute Gasteiger partial charge is 0.229 e. The minimum atomic E-state index is -0.450. The van der Waals surface area contributed by atoms with Gasteiger partial charge in [0.15, 0.2) is 0 Å². The molecule has 1 amide bonds. The molecule has 6 nitrogen and oxygen atoms in total. The quantitative estimate of drug-likeness (QED) is 0.631. The lowest BCUT2D eigenvalue weighted by molar-refractivity contribution is -0.115. The van der Waals surface area contributed by atoms with E-state index in [0.717, 1.165) is 55.3 Å². The van der Waals surface area contributed by atoms with E-state index in [1.54, 1.807) is 18.2 Å². The number of halogens is 1. The molecular formula is C25H28FN5O. The molecule has 1 aliphatic heterocycles. The molecule has 1 aromatic carbocycles. The van der Waals surface area contributed by atoms with E-state index in [9.17, 15) is 9.18 Å². The van der Waals surface area contributed by atoms with Gasteiger partial charge in [0, 0.05) is 48.4 Å². The molecule has 1 aliphatic rings. The Hall–Kier alpha value is -3.19. The van der Waals surface area contributed by atoms with Crippen molar-refractivity contribution in [3.8, 4) is 0 Å². The highest BCUT2D eigenvalue weighted by Gasteiger charge is 2.25. The predicted molar refractivity (Wildman–Crippen MR) is 122 cm³/mol. The third-order valence-electron chi connectivity index (χ3n) is 5.95. The molecule has 1 saturated heterocycles. The summed E-state index contributed by atoms with van der Waals surface area (Å²) in [5.74, 6) is 0.385. The fourth-order valence-corrected chi connectivity index (χ4v) is 4.28. The zero-order valence-electron chi connectivity index (χ0n) is 18.5. The fourth-order valence-electron chi connectivity index (χ4n) is 4.28. The number of amides is 1. The molecule has 1 atom stereocenters. The van der Waals surface area contributed by atoms with E-state index in [2.05, 4.69) is 27.3 Å². The van der Waals surface area contributed by atoms with E-state index in [0.29, 0.717) is 0 Å². The monoisotopic (exact) mass is 433 g/mol. The summed E-state index contributed by atoms with van der Waals surface area (Å²) in [5, 5.41) is 2.64. The van der Waals surface area contributed by atoms with Crippen molar-refractivity contribution in [1.29, 1.82) is 0 Å². The molecule has 0 bridgehead atoms. The maximum atomic E-state index is 13.8. The number of carbonyl (C=O) groups is 1. The Kier molecular flexibility index (Phi) is 6.85. The van der Waals surface area contributed by atoms with Gasteiger partial charge in [-0.1, -0.05) is 12.1 Å².